The predicted octanol–water partition coefficient (Wildman–Crippen LogP) is 1.71. The minimum absolute atomic E-state index is 0.0574. The summed E-state index contributed by atoms with van der Waals surface area (Å²) >= 11 is 0. The first kappa shape index (κ1) is 12.6. The molecule has 2 fully saturated rings. The van der Waals surface area contributed by atoms with E-state index in [1.54, 1.807) is 12.4 Å². The highest BCUT2D eigenvalue weighted by atomic mass is 16.7. The summed E-state index contributed by atoms with van der Waals surface area (Å²) in [7, 11) is 0. The molecule has 102 valence electrons. The maximum absolute atomic E-state index is 12.2. The molecule has 1 aromatic rings. The molecule has 0 amide bonds. The van der Waals surface area contributed by atoms with E-state index in [1.807, 2.05) is 24.1 Å². The van der Waals surface area contributed by atoms with Crippen LogP contribution in [0.3, 0.4) is 0 Å². The molecule has 2 bridgehead atoms. The Balaban J connectivity index is 1.92. The molecular formula is C14H18N2O3. The van der Waals surface area contributed by atoms with E-state index in [4.69, 9.17) is 9.57 Å². The lowest BCUT2D eigenvalue weighted by Crippen LogP contribution is -2.29. The number of rotatable bonds is 3. The summed E-state index contributed by atoms with van der Waals surface area (Å²) in [5, 5.41) is 1.92. The van der Waals surface area contributed by atoms with Crippen LogP contribution in [-0.4, -0.2) is 35.3 Å². The van der Waals surface area contributed by atoms with Crippen LogP contribution >= 0.6 is 0 Å². The zero-order valence-corrected chi connectivity index (χ0v) is 11.0. The lowest BCUT2D eigenvalue weighted by Gasteiger charge is -2.25. The number of pyridine rings is 1. The molecule has 2 aliphatic rings. The van der Waals surface area contributed by atoms with Crippen molar-refractivity contribution in [3.8, 4) is 0 Å². The van der Waals surface area contributed by atoms with Crippen LogP contribution in [0, 0.1) is 5.92 Å². The van der Waals surface area contributed by atoms with Gasteiger partial charge in [-0.2, -0.15) is 5.06 Å². The second kappa shape index (κ2) is 5.27. The molecule has 1 unspecified atom stereocenters. The minimum atomic E-state index is -0.244. The number of hydroxylamine groups is 2. The van der Waals surface area contributed by atoms with Gasteiger partial charge in [-0.3, -0.25) is 14.6 Å². The van der Waals surface area contributed by atoms with Crippen LogP contribution in [0.4, 0.5) is 0 Å². The molecule has 0 aliphatic carbocycles. The van der Waals surface area contributed by atoms with Gasteiger partial charge in [0.2, 0.25) is 0 Å². The van der Waals surface area contributed by atoms with Gasteiger partial charge in [0, 0.05) is 18.9 Å². The smallest absolute Gasteiger partial charge is 0.313 e. The topological polar surface area (TPSA) is 51.7 Å². The summed E-state index contributed by atoms with van der Waals surface area (Å²) in [6.07, 6.45) is 5.45. The molecule has 0 radical (unpaired) electrons. The fourth-order valence-corrected chi connectivity index (χ4v) is 3.00. The molecule has 1 aromatic heterocycles. The second-order valence-corrected chi connectivity index (χ2v) is 4.94. The second-order valence-electron chi connectivity index (χ2n) is 4.94. The fraction of sp³-hybridized carbons (Fsp3) is 0.571. The third kappa shape index (κ3) is 2.24. The minimum Gasteiger partial charge on any atom is -0.466 e. The van der Waals surface area contributed by atoms with Crippen LogP contribution in [0.2, 0.25) is 0 Å². The number of hydrogen-bond acceptors (Lipinski definition) is 5. The van der Waals surface area contributed by atoms with Crippen LogP contribution in [0.1, 0.15) is 31.4 Å². The summed E-state index contributed by atoms with van der Waals surface area (Å²) in [6, 6.07) is 3.81. The molecule has 0 aromatic carbocycles. The van der Waals surface area contributed by atoms with Crippen molar-refractivity contribution in [1.82, 2.24) is 10.0 Å². The molecule has 3 heterocycles. The molecule has 5 heteroatoms. The summed E-state index contributed by atoms with van der Waals surface area (Å²) in [5.74, 6) is -0.405. The van der Waals surface area contributed by atoms with Crippen LogP contribution < -0.4 is 0 Å². The first-order valence-corrected chi connectivity index (χ1v) is 6.81. The van der Waals surface area contributed by atoms with E-state index >= 15 is 0 Å². The largest absolute Gasteiger partial charge is 0.466 e. The van der Waals surface area contributed by atoms with Crippen molar-refractivity contribution in [3.05, 3.63) is 30.1 Å². The number of hydrogen-bond donors (Lipinski definition) is 0. The van der Waals surface area contributed by atoms with Crippen LogP contribution in [0.5, 0.6) is 0 Å². The van der Waals surface area contributed by atoms with E-state index in [9.17, 15) is 4.79 Å². The van der Waals surface area contributed by atoms with Gasteiger partial charge in [-0.05, 0) is 31.4 Å². The lowest BCUT2D eigenvalue weighted by molar-refractivity contribution is -0.187. The van der Waals surface area contributed by atoms with E-state index in [0.717, 1.165) is 24.9 Å². The Morgan fingerprint density at radius 2 is 2.53 bits per heavy atom. The van der Waals surface area contributed by atoms with Gasteiger partial charge in [-0.15, -0.1) is 0 Å². The van der Waals surface area contributed by atoms with Gasteiger partial charge in [0.1, 0.15) is 5.92 Å². The van der Waals surface area contributed by atoms with Crippen molar-refractivity contribution in [2.24, 2.45) is 5.92 Å². The van der Waals surface area contributed by atoms with E-state index in [2.05, 4.69) is 4.98 Å². The predicted molar refractivity (Wildman–Crippen MR) is 67.9 cm³/mol. The van der Waals surface area contributed by atoms with Crippen molar-refractivity contribution in [3.63, 3.8) is 0 Å². The maximum Gasteiger partial charge on any atom is 0.313 e. The number of fused-ring (bicyclic) bond motifs is 2. The molecule has 2 aliphatic heterocycles. The van der Waals surface area contributed by atoms with E-state index < -0.39 is 0 Å². The molecule has 0 N–H and O–H groups in total. The zero-order chi connectivity index (χ0) is 13.2. The first-order valence-electron chi connectivity index (χ1n) is 6.81. The van der Waals surface area contributed by atoms with Crippen molar-refractivity contribution >= 4 is 5.97 Å². The monoisotopic (exact) mass is 262 g/mol. The van der Waals surface area contributed by atoms with Crippen molar-refractivity contribution in [2.75, 3.05) is 13.2 Å². The molecular weight excluding hydrogens is 244 g/mol. The lowest BCUT2D eigenvalue weighted by atomic mass is 9.90. The Morgan fingerprint density at radius 3 is 3.26 bits per heavy atom. The first-order chi connectivity index (χ1) is 9.31. The van der Waals surface area contributed by atoms with Crippen LogP contribution in [0.25, 0.3) is 0 Å². The van der Waals surface area contributed by atoms with Gasteiger partial charge in [0.15, 0.2) is 0 Å². The number of carbonyl (C=O) groups is 1. The van der Waals surface area contributed by atoms with Gasteiger partial charge in [0.05, 0.1) is 18.8 Å². The third-order valence-corrected chi connectivity index (χ3v) is 3.77. The quantitative estimate of drug-likeness (QED) is 0.776. The Morgan fingerprint density at radius 1 is 1.63 bits per heavy atom. The third-order valence-electron chi connectivity index (χ3n) is 3.77. The van der Waals surface area contributed by atoms with Gasteiger partial charge < -0.3 is 4.74 Å². The highest BCUT2D eigenvalue weighted by molar-refractivity contribution is 5.74. The average Bonchev–Trinajstić information content (AvgIpc) is 2.71. The molecule has 4 atom stereocenters. The molecule has 2 saturated heterocycles. The summed E-state index contributed by atoms with van der Waals surface area (Å²) in [5.41, 5.74) is 1.02. The highest BCUT2D eigenvalue weighted by Gasteiger charge is 2.50. The Kier molecular flexibility index (Phi) is 3.48. The Labute approximate surface area is 112 Å². The summed E-state index contributed by atoms with van der Waals surface area (Å²) in [4.78, 5) is 22.2. The average molecular weight is 262 g/mol. The van der Waals surface area contributed by atoms with Gasteiger partial charge in [-0.1, -0.05) is 6.07 Å². The Bertz CT molecular complexity index is 451. The molecule has 19 heavy (non-hydrogen) atoms. The number of ether oxygens (including phenoxy) is 1. The number of carbonyl (C=O) groups excluding carboxylic acids is 1. The molecule has 5 nitrogen and oxygen atoms in total. The van der Waals surface area contributed by atoms with E-state index in [1.165, 1.54) is 0 Å². The van der Waals surface area contributed by atoms with Crippen molar-refractivity contribution < 1.29 is 14.4 Å². The van der Waals surface area contributed by atoms with Crippen molar-refractivity contribution in [2.45, 2.75) is 31.9 Å². The van der Waals surface area contributed by atoms with E-state index in [0.29, 0.717) is 6.61 Å². The van der Waals surface area contributed by atoms with Crippen LogP contribution in [-0.2, 0) is 14.4 Å². The number of aromatic nitrogens is 1. The fourth-order valence-electron chi connectivity index (χ4n) is 3.00. The number of nitrogens with zero attached hydrogens (tertiary/aromatic N) is 2. The maximum atomic E-state index is 12.2. The zero-order valence-electron chi connectivity index (χ0n) is 11.0. The number of esters is 1. The normalized spacial score (nSPS) is 33.1. The summed E-state index contributed by atoms with van der Waals surface area (Å²) < 4.78 is 5.22. The molecule has 0 saturated carbocycles. The van der Waals surface area contributed by atoms with Crippen LogP contribution in [0.15, 0.2) is 24.5 Å². The van der Waals surface area contributed by atoms with Gasteiger partial charge in [-0.25, -0.2) is 0 Å². The molecule has 3 rings (SSSR count). The Hall–Kier alpha value is -1.46. The van der Waals surface area contributed by atoms with E-state index in [-0.39, 0.29) is 24.0 Å². The standard InChI is InChI=1S/C14H18N2O3/c1-2-18-14(17)12-11-6-4-8-16(19-11)13(12)10-5-3-7-15-9-10/h3,5,7,9,11-13H,2,4,6,8H2,1H3/t11-,12+,13-/m1/s1. The SMILES string of the molecule is CCOC(=O)[C@@H]1[C@@H](c2cccnc2)N2CCC[C@H]1O2. The van der Waals surface area contributed by atoms with Crippen molar-refractivity contribution in [1.29, 1.82) is 0 Å². The van der Waals surface area contributed by atoms with Gasteiger partial charge >= 0.3 is 5.97 Å². The highest BCUT2D eigenvalue weighted by Crippen LogP contribution is 2.44. The molecule has 0 spiro atoms. The summed E-state index contributed by atoms with van der Waals surface area (Å²) in [6.45, 7) is 3.09. The van der Waals surface area contributed by atoms with Gasteiger partial charge in [0.25, 0.3) is 0 Å².